The molecule has 0 spiro atoms. The molecule has 7 unspecified atom stereocenters. The van der Waals surface area contributed by atoms with Crippen molar-refractivity contribution in [1.29, 1.82) is 0 Å². The molecule has 1 rings (SSSR count). The summed E-state index contributed by atoms with van der Waals surface area (Å²) in [6, 6.07) is -0.832. The van der Waals surface area contributed by atoms with E-state index in [1.807, 2.05) is 6.08 Å². The fraction of sp³-hybridized carbons (Fsp3) is 0.830. The normalized spacial score (nSPS) is 20.7. The van der Waals surface area contributed by atoms with E-state index >= 15 is 0 Å². The lowest BCUT2D eigenvalue weighted by molar-refractivity contribution is -0.302. The predicted molar refractivity (Wildman–Crippen MR) is 258 cm³/mol. The minimum Gasteiger partial charge on any atom is -0.394 e. The lowest BCUT2D eigenvalue weighted by atomic mass is 9.99. The van der Waals surface area contributed by atoms with E-state index in [-0.39, 0.29) is 12.5 Å². The van der Waals surface area contributed by atoms with Gasteiger partial charge in [0.15, 0.2) is 6.29 Å². The molecule has 1 aliphatic heterocycles. The molecule has 9 heteroatoms. The molecular formula is C53H97NO8. The molecule has 9 nitrogen and oxygen atoms in total. The zero-order valence-electron chi connectivity index (χ0n) is 39.9. The summed E-state index contributed by atoms with van der Waals surface area (Å²) in [7, 11) is 0. The fourth-order valence-electron chi connectivity index (χ4n) is 7.95. The first-order chi connectivity index (χ1) is 30.3. The van der Waals surface area contributed by atoms with Crippen molar-refractivity contribution in [1.82, 2.24) is 5.32 Å². The Morgan fingerprint density at radius 3 is 1.35 bits per heavy atom. The minimum absolute atomic E-state index is 0.200. The number of aliphatic hydroxyl groups is 5. The van der Waals surface area contributed by atoms with E-state index in [0.29, 0.717) is 6.42 Å². The Bertz CT molecular complexity index is 1110. The Balaban J connectivity index is 2.34. The van der Waals surface area contributed by atoms with Gasteiger partial charge in [-0.05, 0) is 70.6 Å². The molecule has 0 radical (unpaired) electrons. The summed E-state index contributed by atoms with van der Waals surface area (Å²) in [5.74, 6) is -0.200. The second-order valence-electron chi connectivity index (χ2n) is 17.9. The number of amides is 1. The molecule has 362 valence electrons. The van der Waals surface area contributed by atoms with Crippen LogP contribution in [0.15, 0.2) is 48.6 Å². The molecule has 0 saturated carbocycles. The summed E-state index contributed by atoms with van der Waals surface area (Å²) >= 11 is 0. The molecule has 0 aromatic heterocycles. The molecule has 7 atom stereocenters. The number of ether oxygens (including phenoxy) is 2. The van der Waals surface area contributed by atoms with Gasteiger partial charge < -0.3 is 40.3 Å². The molecule has 1 fully saturated rings. The first-order valence-electron chi connectivity index (χ1n) is 25.9. The van der Waals surface area contributed by atoms with Crippen molar-refractivity contribution in [2.45, 2.75) is 269 Å². The minimum atomic E-state index is -1.58. The van der Waals surface area contributed by atoms with Gasteiger partial charge in [-0.25, -0.2) is 0 Å². The van der Waals surface area contributed by atoms with Crippen molar-refractivity contribution in [3.63, 3.8) is 0 Å². The van der Waals surface area contributed by atoms with E-state index in [9.17, 15) is 30.3 Å². The van der Waals surface area contributed by atoms with Crippen LogP contribution in [0.2, 0.25) is 0 Å². The number of rotatable bonds is 43. The highest BCUT2D eigenvalue weighted by Crippen LogP contribution is 2.23. The third-order valence-corrected chi connectivity index (χ3v) is 12.1. The standard InChI is InChI=1S/C53H97NO8/c1-3-5-7-9-11-13-15-17-19-21-22-23-24-25-26-27-28-30-32-34-36-38-40-42-47(56)46(45-61-53-52(60)51(59)50(58)48(44-55)62-53)54-49(57)43-41-39-37-35-33-31-29-20-18-16-14-12-10-8-6-4-2/h20,26-27,29,32,34,40,42,46-48,50-53,55-56,58-60H,3-19,21-25,28,30-31,33,35-39,41,43-45H2,1-2H3,(H,54,57)/b27-26+,29-20-,34-32+,42-40+. The summed E-state index contributed by atoms with van der Waals surface area (Å²) in [5, 5.41) is 54.3. The molecule has 1 heterocycles. The van der Waals surface area contributed by atoms with E-state index in [1.165, 1.54) is 141 Å². The summed E-state index contributed by atoms with van der Waals surface area (Å²) in [5.41, 5.74) is 0. The van der Waals surface area contributed by atoms with Gasteiger partial charge in [0.2, 0.25) is 5.91 Å². The van der Waals surface area contributed by atoms with Crippen LogP contribution in [0.3, 0.4) is 0 Å². The van der Waals surface area contributed by atoms with Crippen molar-refractivity contribution in [3.05, 3.63) is 48.6 Å². The number of unbranched alkanes of at least 4 members (excludes halogenated alkanes) is 27. The van der Waals surface area contributed by atoms with Gasteiger partial charge in [-0.3, -0.25) is 4.79 Å². The quantitative estimate of drug-likeness (QED) is 0.0262. The number of nitrogens with one attached hydrogen (secondary N) is 1. The molecule has 1 saturated heterocycles. The van der Waals surface area contributed by atoms with Crippen LogP contribution in [-0.4, -0.2) is 87.5 Å². The van der Waals surface area contributed by atoms with Crippen molar-refractivity contribution in [2.24, 2.45) is 0 Å². The van der Waals surface area contributed by atoms with Crippen LogP contribution in [0.5, 0.6) is 0 Å². The number of carbonyl (C=O) groups is 1. The van der Waals surface area contributed by atoms with Gasteiger partial charge in [-0.15, -0.1) is 0 Å². The molecule has 0 aliphatic carbocycles. The van der Waals surface area contributed by atoms with Crippen molar-refractivity contribution in [2.75, 3.05) is 13.2 Å². The van der Waals surface area contributed by atoms with Crippen LogP contribution in [-0.2, 0) is 14.3 Å². The van der Waals surface area contributed by atoms with Crippen LogP contribution in [0.25, 0.3) is 0 Å². The largest absolute Gasteiger partial charge is 0.394 e. The number of hydrogen-bond acceptors (Lipinski definition) is 8. The van der Waals surface area contributed by atoms with Gasteiger partial charge in [0.05, 0.1) is 25.4 Å². The molecule has 1 aliphatic rings. The number of hydrogen-bond donors (Lipinski definition) is 6. The van der Waals surface area contributed by atoms with Gasteiger partial charge in [0.1, 0.15) is 24.4 Å². The topological polar surface area (TPSA) is 149 Å². The summed E-state index contributed by atoms with van der Waals surface area (Å²) < 4.78 is 11.2. The number of carbonyl (C=O) groups excluding carboxylic acids is 1. The maximum absolute atomic E-state index is 13.0. The Kier molecular flexibility index (Phi) is 40.4. The second-order valence-corrected chi connectivity index (χ2v) is 17.9. The van der Waals surface area contributed by atoms with Crippen LogP contribution in [0, 0.1) is 0 Å². The van der Waals surface area contributed by atoms with Crippen LogP contribution in [0.1, 0.15) is 226 Å². The van der Waals surface area contributed by atoms with Crippen molar-refractivity contribution >= 4 is 5.91 Å². The summed E-state index contributed by atoms with van der Waals surface area (Å²) in [4.78, 5) is 13.0. The van der Waals surface area contributed by atoms with E-state index in [0.717, 1.165) is 64.2 Å². The first-order valence-corrected chi connectivity index (χ1v) is 25.9. The number of allylic oxidation sites excluding steroid dienone is 7. The monoisotopic (exact) mass is 876 g/mol. The maximum atomic E-state index is 13.0. The SMILES string of the molecule is CCCCCCCCC/C=C\CCCCCCCC(=O)NC(COC1OC(CO)C(O)C(O)C1O)C(O)/C=C/CC/C=C/CC/C=C/CCCCCCCCCCCCCCC. The van der Waals surface area contributed by atoms with E-state index in [4.69, 9.17) is 9.47 Å². The zero-order chi connectivity index (χ0) is 45.1. The number of aliphatic hydroxyl groups excluding tert-OH is 5. The third kappa shape index (κ3) is 32.8. The zero-order valence-corrected chi connectivity index (χ0v) is 39.9. The molecule has 6 N–H and O–H groups in total. The highest BCUT2D eigenvalue weighted by atomic mass is 16.7. The maximum Gasteiger partial charge on any atom is 0.220 e. The summed E-state index contributed by atoms with van der Waals surface area (Å²) in [6.45, 7) is 3.75. The molecule has 1 amide bonds. The van der Waals surface area contributed by atoms with Gasteiger partial charge >= 0.3 is 0 Å². The van der Waals surface area contributed by atoms with Crippen molar-refractivity contribution < 1.29 is 39.8 Å². The lowest BCUT2D eigenvalue weighted by Crippen LogP contribution is -2.60. The molecular weight excluding hydrogens is 779 g/mol. The fourth-order valence-corrected chi connectivity index (χ4v) is 7.95. The van der Waals surface area contributed by atoms with Gasteiger partial charge in [0, 0.05) is 6.42 Å². The highest BCUT2D eigenvalue weighted by Gasteiger charge is 2.44. The molecule has 0 bridgehead atoms. The molecule has 62 heavy (non-hydrogen) atoms. The van der Waals surface area contributed by atoms with Gasteiger partial charge in [-0.2, -0.15) is 0 Å². The van der Waals surface area contributed by atoms with Gasteiger partial charge in [-0.1, -0.05) is 197 Å². The molecule has 0 aromatic rings. The first kappa shape index (κ1) is 58.2. The average molecular weight is 876 g/mol. The third-order valence-electron chi connectivity index (χ3n) is 12.1. The molecule has 0 aromatic carbocycles. The van der Waals surface area contributed by atoms with E-state index in [2.05, 4.69) is 55.6 Å². The van der Waals surface area contributed by atoms with Crippen LogP contribution >= 0.6 is 0 Å². The smallest absolute Gasteiger partial charge is 0.220 e. The Morgan fingerprint density at radius 1 is 0.532 bits per heavy atom. The van der Waals surface area contributed by atoms with E-state index in [1.54, 1.807) is 6.08 Å². The van der Waals surface area contributed by atoms with Crippen LogP contribution < -0.4 is 5.32 Å². The average Bonchev–Trinajstić information content (AvgIpc) is 3.27. The lowest BCUT2D eigenvalue weighted by Gasteiger charge is -2.40. The Labute approximate surface area is 380 Å². The van der Waals surface area contributed by atoms with Crippen LogP contribution in [0.4, 0.5) is 0 Å². The highest BCUT2D eigenvalue weighted by molar-refractivity contribution is 5.76. The van der Waals surface area contributed by atoms with E-state index < -0.39 is 49.5 Å². The Hall–Kier alpha value is -1.85. The van der Waals surface area contributed by atoms with Gasteiger partial charge in [0.25, 0.3) is 0 Å². The van der Waals surface area contributed by atoms with Crippen molar-refractivity contribution in [3.8, 4) is 0 Å². The predicted octanol–water partition coefficient (Wildman–Crippen LogP) is 11.8. The Morgan fingerprint density at radius 2 is 0.919 bits per heavy atom. The summed E-state index contributed by atoms with van der Waals surface area (Å²) in [6.07, 6.45) is 48.8. The second kappa shape index (κ2) is 43.1.